The number of thioether (sulfide) groups is 1. The second kappa shape index (κ2) is 12.6. The topological polar surface area (TPSA) is 105 Å². The van der Waals surface area contributed by atoms with Crippen LogP contribution in [0.3, 0.4) is 0 Å². The normalized spacial score (nSPS) is 14.8. The Morgan fingerprint density at radius 3 is 2.51 bits per heavy atom. The van der Waals surface area contributed by atoms with Crippen LogP contribution in [0, 0.1) is 5.92 Å². The van der Waals surface area contributed by atoms with Crippen molar-refractivity contribution >= 4 is 27.7 Å². The molecular formula is C25H34N2O6S2. The number of rotatable bonds is 13. The number of nitrogens with zero attached hydrogens (tertiary/aromatic N) is 1. The van der Waals surface area contributed by atoms with E-state index in [1.165, 1.54) is 16.4 Å². The second-order valence-electron chi connectivity index (χ2n) is 8.90. The molecule has 0 aromatic heterocycles. The van der Waals surface area contributed by atoms with E-state index in [4.69, 9.17) is 9.47 Å². The Hall–Kier alpha value is -2.27. The number of aliphatic hydroxyl groups excluding tert-OH is 1. The number of carbonyl (C=O) groups is 1. The summed E-state index contributed by atoms with van der Waals surface area (Å²) in [6.07, 6.45) is 1.52. The van der Waals surface area contributed by atoms with Gasteiger partial charge in [0.15, 0.2) is 11.5 Å². The number of hydrogen-bond donors (Lipinski definition) is 2. The van der Waals surface area contributed by atoms with Crippen molar-refractivity contribution in [3.8, 4) is 11.5 Å². The van der Waals surface area contributed by atoms with Crippen LogP contribution in [0.5, 0.6) is 11.5 Å². The molecule has 0 saturated carbocycles. The molecule has 0 unspecified atom stereocenters. The fourth-order valence-electron chi connectivity index (χ4n) is 3.83. The molecule has 192 valence electrons. The fourth-order valence-corrected chi connectivity index (χ4v) is 5.85. The summed E-state index contributed by atoms with van der Waals surface area (Å²) < 4.78 is 39.1. The summed E-state index contributed by atoms with van der Waals surface area (Å²) in [5.41, 5.74) is 0.941. The van der Waals surface area contributed by atoms with E-state index in [9.17, 15) is 18.3 Å². The summed E-state index contributed by atoms with van der Waals surface area (Å²) >= 11 is 1.57. The number of hydrogen-bond acceptors (Lipinski definition) is 7. The van der Waals surface area contributed by atoms with Crippen LogP contribution in [0.25, 0.3) is 0 Å². The van der Waals surface area contributed by atoms with Crippen LogP contribution in [0.15, 0.2) is 53.4 Å². The Morgan fingerprint density at radius 2 is 1.83 bits per heavy atom. The molecule has 1 aliphatic heterocycles. The predicted molar refractivity (Wildman–Crippen MR) is 137 cm³/mol. The Morgan fingerprint density at radius 1 is 1.11 bits per heavy atom. The van der Waals surface area contributed by atoms with Crippen LogP contribution < -0.4 is 14.8 Å². The van der Waals surface area contributed by atoms with Gasteiger partial charge >= 0.3 is 0 Å². The van der Waals surface area contributed by atoms with E-state index in [0.717, 1.165) is 5.56 Å². The number of nitrogens with one attached hydrogen (secondary N) is 1. The maximum atomic E-state index is 13.6. The summed E-state index contributed by atoms with van der Waals surface area (Å²) in [5, 5.41) is 14.1. The van der Waals surface area contributed by atoms with E-state index in [1.54, 1.807) is 17.8 Å². The van der Waals surface area contributed by atoms with Crippen LogP contribution in [0.4, 0.5) is 0 Å². The SMILES string of the molecule is CSCCC(=O)N[C@@H](Cc1ccccc1)[C@H](O)CN(CC(C)C)S(=O)(=O)c1ccc2c(c1)OCO2. The molecule has 2 aromatic carbocycles. The molecule has 0 bridgehead atoms. The Bertz CT molecular complexity index is 1080. The van der Waals surface area contributed by atoms with Gasteiger partial charge in [-0.05, 0) is 36.3 Å². The quantitative estimate of drug-likeness (QED) is 0.417. The molecule has 1 heterocycles. The molecule has 2 aromatic rings. The number of carbonyl (C=O) groups excluding carboxylic acids is 1. The highest BCUT2D eigenvalue weighted by Gasteiger charge is 2.32. The van der Waals surface area contributed by atoms with Crippen molar-refractivity contribution in [2.45, 2.75) is 43.7 Å². The highest BCUT2D eigenvalue weighted by molar-refractivity contribution is 7.98. The van der Waals surface area contributed by atoms with E-state index in [1.807, 2.05) is 50.4 Å². The van der Waals surface area contributed by atoms with E-state index in [0.29, 0.717) is 30.1 Å². The van der Waals surface area contributed by atoms with Gasteiger partial charge in [-0.2, -0.15) is 16.1 Å². The Kier molecular flexibility index (Phi) is 9.85. The fraction of sp³-hybridized carbons (Fsp3) is 0.480. The molecule has 2 N–H and O–H groups in total. The number of ether oxygens (including phenoxy) is 2. The van der Waals surface area contributed by atoms with Crippen LogP contribution >= 0.6 is 11.8 Å². The highest BCUT2D eigenvalue weighted by Crippen LogP contribution is 2.34. The number of fused-ring (bicyclic) bond motifs is 1. The molecule has 0 aliphatic carbocycles. The molecule has 3 rings (SSSR count). The van der Waals surface area contributed by atoms with Crippen molar-refractivity contribution in [2.24, 2.45) is 5.92 Å². The lowest BCUT2D eigenvalue weighted by molar-refractivity contribution is -0.122. The van der Waals surface area contributed by atoms with Crippen molar-refractivity contribution in [2.75, 3.05) is 31.9 Å². The van der Waals surface area contributed by atoms with Gasteiger partial charge in [0, 0.05) is 31.3 Å². The average molecular weight is 523 g/mol. The largest absolute Gasteiger partial charge is 0.454 e. The third-order valence-corrected chi connectivity index (χ3v) is 8.02. The van der Waals surface area contributed by atoms with E-state index in [-0.39, 0.29) is 36.6 Å². The van der Waals surface area contributed by atoms with Crippen LogP contribution in [-0.4, -0.2) is 67.8 Å². The van der Waals surface area contributed by atoms with Crippen molar-refractivity contribution in [3.63, 3.8) is 0 Å². The number of benzene rings is 2. The molecule has 35 heavy (non-hydrogen) atoms. The maximum Gasteiger partial charge on any atom is 0.243 e. The number of sulfonamides is 1. The van der Waals surface area contributed by atoms with E-state index in [2.05, 4.69) is 5.32 Å². The molecule has 8 nitrogen and oxygen atoms in total. The monoisotopic (exact) mass is 522 g/mol. The molecule has 10 heteroatoms. The average Bonchev–Trinajstić information content (AvgIpc) is 3.30. The zero-order valence-electron chi connectivity index (χ0n) is 20.3. The summed E-state index contributed by atoms with van der Waals surface area (Å²) in [6.45, 7) is 3.94. The standard InChI is InChI=1S/C25H34N2O6S2/c1-18(2)15-27(35(30,31)20-9-10-23-24(14-20)33-17-32-23)16-22(28)21(26-25(29)11-12-34-3)13-19-7-5-4-6-8-19/h4-10,14,18,21-22,28H,11-13,15-17H2,1-3H3,(H,26,29)/t21-,22+/m0/s1. The van der Waals surface area contributed by atoms with Crippen molar-refractivity contribution in [1.29, 1.82) is 0 Å². The number of aliphatic hydroxyl groups is 1. The van der Waals surface area contributed by atoms with Gasteiger partial charge in [0.2, 0.25) is 22.7 Å². The molecule has 0 spiro atoms. The third kappa shape index (κ3) is 7.60. The van der Waals surface area contributed by atoms with Crippen LogP contribution in [0.1, 0.15) is 25.8 Å². The minimum Gasteiger partial charge on any atom is -0.454 e. The maximum absolute atomic E-state index is 13.6. The van der Waals surface area contributed by atoms with Crippen LogP contribution in [-0.2, 0) is 21.2 Å². The van der Waals surface area contributed by atoms with Crippen molar-refractivity contribution in [1.82, 2.24) is 9.62 Å². The van der Waals surface area contributed by atoms with Gasteiger partial charge in [-0.1, -0.05) is 44.2 Å². The predicted octanol–water partition coefficient (Wildman–Crippen LogP) is 2.90. The lowest BCUT2D eigenvalue weighted by Gasteiger charge is -2.30. The molecular weight excluding hydrogens is 488 g/mol. The van der Waals surface area contributed by atoms with E-state index < -0.39 is 22.2 Å². The summed E-state index contributed by atoms with van der Waals surface area (Å²) in [7, 11) is -3.94. The first-order valence-corrected chi connectivity index (χ1v) is 14.4. The van der Waals surface area contributed by atoms with Gasteiger partial charge in [-0.3, -0.25) is 4.79 Å². The van der Waals surface area contributed by atoms with Gasteiger partial charge < -0.3 is 19.9 Å². The van der Waals surface area contributed by atoms with Gasteiger partial charge in [-0.15, -0.1) is 0 Å². The molecule has 2 atom stereocenters. The van der Waals surface area contributed by atoms with Gasteiger partial charge in [-0.25, -0.2) is 8.42 Å². The molecule has 0 fully saturated rings. The first kappa shape index (κ1) is 27.3. The van der Waals surface area contributed by atoms with Gasteiger partial charge in [0.05, 0.1) is 17.0 Å². The molecule has 1 amide bonds. The van der Waals surface area contributed by atoms with E-state index >= 15 is 0 Å². The zero-order valence-corrected chi connectivity index (χ0v) is 22.0. The lowest BCUT2D eigenvalue weighted by Crippen LogP contribution is -2.51. The smallest absolute Gasteiger partial charge is 0.243 e. The molecule has 0 saturated heterocycles. The first-order chi connectivity index (χ1) is 16.7. The second-order valence-corrected chi connectivity index (χ2v) is 11.8. The summed E-state index contributed by atoms with van der Waals surface area (Å²) in [5.74, 6) is 1.38. The van der Waals surface area contributed by atoms with Gasteiger partial charge in [0.25, 0.3) is 0 Å². The first-order valence-electron chi connectivity index (χ1n) is 11.6. The van der Waals surface area contributed by atoms with Crippen molar-refractivity contribution in [3.05, 3.63) is 54.1 Å². The number of amides is 1. The third-order valence-electron chi connectivity index (χ3n) is 5.58. The Labute approximate surface area is 212 Å². The summed E-state index contributed by atoms with van der Waals surface area (Å²) in [6, 6.07) is 13.4. The highest BCUT2D eigenvalue weighted by atomic mass is 32.2. The minimum atomic E-state index is -3.94. The van der Waals surface area contributed by atoms with Gasteiger partial charge in [0.1, 0.15) is 0 Å². The Balaban J connectivity index is 1.83. The summed E-state index contributed by atoms with van der Waals surface area (Å²) in [4.78, 5) is 12.6. The van der Waals surface area contributed by atoms with Crippen molar-refractivity contribution < 1.29 is 27.8 Å². The molecule has 0 radical (unpaired) electrons. The minimum absolute atomic E-state index is 0.0229. The molecule has 1 aliphatic rings. The lowest BCUT2D eigenvalue weighted by atomic mass is 10.0. The zero-order chi connectivity index (χ0) is 25.4. The van der Waals surface area contributed by atoms with Crippen LogP contribution in [0.2, 0.25) is 0 Å².